The lowest BCUT2D eigenvalue weighted by atomic mass is 10.1. The summed E-state index contributed by atoms with van der Waals surface area (Å²) in [5.41, 5.74) is 2.85. The van der Waals surface area contributed by atoms with Crippen molar-refractivity contribution >= 4 is 29.3 Å². The summed E-state index contributed by atoms with van der Waals surface area (Å²) >= 11 is 1.15. The molecule has 33 heavy (non-hydrogen) atoms. The molecule has 0 aliphatic rings. The molecule has 0 atom stereocenters. The molecule has 1 N–H and O–H groups in total. The molecular weight excluding hydrogens is 440 g/mol. The van der Waals surface area contributed by atoms with Gasteiger partial charge in [-0.05, 0) is 43.3 Å². The third-order valence-corrected chi connectivity index (χ3v) is 5.71. The zero-order valence-electron chi connectivity index (χ0n) is 18.1. The summed E-state index contributed by atoms with van der Waals surface area (Å²) in [5, 5.41) is 11.2. The number of aromatic nitrogens is 2. The van der Waals surface area contributed by atoms with Crippen LogP contribution in [-0.4, -0.2) is 34.8 Å². The van der Waals surface area contributed by atoms with Gasteiger partial charge in [-0.1, -0.05) is 41.6 Å². The largest absolute Gasteiger partial charge is 0.467 e. The van der Waals surface area contributed by atoms with E-state index in [9.17, 15) is 9.59 Å². The molecule has 0 fully saturated rings. The van der Waals surface area contributed by atoms with E-state index < -0.39 is 0 Å². The minimum absolute atomic E-state index is 0.0778. The van der Waals surface area contributed by atoms with Crippen LogP contribution >= 0.6 is 11.8 Å². The summed E-state index contributed by atoms with van der Waals surface area (Å²) in [7, 11) is 1.63. The fourth-order valence-electron chi connectivity index (χ4n) is 3.07. The molecular formula is C24H22N4O4S. The van der Waals surface area contributed by atoms with Crippen LogP contribution in [0.4, 0.5) is 5.69 Å². The topological polar surface area (TPSA) is 101 Å². The van der Waals surface area contributed by atoms with Gasteiger partial charge in [0.2, 0.25) is 11.8 Å². The van der Waals surface area contributed by atoms with Gasteiger partial charge in [0.15, 0.2) is 0 Å². The average molecular weight is 463 g/mol. The Hall–Kier alpha value is -3.85. The van der Waals surface area contributed by atoms with Crippen LogP contribution in [0.3, 0.4) is 0 Å². The minimum Gasteiger partial charge on any atom is -0.467 e. The number of aryl methyl sites for hydroxylation is 1. The molecule has 9 heteroatoms. The van der Waals surface area contributed by atoms with Crippen molar-refractivity contribution in [3.05, 3.63) is 83.8 Å². The standard InChI is InChI=1S/C24H22N4O4S/c1-16-9-11-17(12-10-16)23-26-27-24(32-23)33-15-21(29)28(2)20-8-4-3-7-19(20)22(30)25-14-18-6-5-13-31-18/h3-13H,14-15H2,1-2H3,(H,25,30). The molecule has 0 bridgehead atoms. The van der Waals surface area contributed by atoms with Crippen LogP contribution in [0.15, 0.2) is 81.0 Å². The Labute approximate surface area is 195 Å². The van der Waals surface area contributed by atoms with E-state index in [0.717, 1.165) is 22.9 Å². The molecule has 2 aromatic heterocycles. The predicted molar refractivity (Wildman–Crippen MR) is 125 cm³/mol. The molecule has 0 radical (unpaired) electrons. The van der Waals surface area contributed by atoms with Gasteiger partial charge in [0, 0.05) is 12.6 Å². The number of amides is 2. The molecule has 2 aromatic carbocycles. The van der Waals surface area contributed by atoms with E-state index in [1.165, 1.54) is 4.90 Å². The van der Waals surface area contributed by atoms with Crippen molar-refractivity contribution in [1.82, 2.24) is 15.5 Å². The fraction of sp³-hybridized carbons (Fsp3) is 0.167. The van der Waals surface area contributed by atoms with Gasteiger partial charge >= 0.3 is 0 Å². The van der Waals surface area contributed by atoms with E-state index in [2.05, 4.69) is 15.5 Å². The van der Waals surface area contributed by atoms with E-state index >= 15 is 0 Å². The third-order valence-electron chi connectivity index (χ3n) is 4.91. The summed E-state index contributed by atoms with van der Waals surface area (Å²) in [6.07, 6.45) is 1.55. The highest BCUT2D eigenvalue weighted by molar-refractivity contribution is 7.99. The number of furan rings is 1. The van der Waals surface area contributed by atoms with Crippen molar-refractivity contribution in [3.63, 3.8) is 0 Å². The quantitative estimate of drug-likeness (QED) is 0.389. The molecule has 0 aliphatic carbocycles. The molecule has 0 spiro atoms. The van der Waals surface area contributed by atoms with Crippen LogP contribution in [0, 0.1) is 6.92 Å². The summed E-state index contributed by atoms with van der Waals surface area (Å²) in [5.74, 6) is 0.618. The number of para-hydroxylation sites is 1. The Morgan fingerprint density at radius 3 is 2.58 bits per heavy atom. The lowest BCUT2D eigenvalue weighted by Gasteiger charge is -2.20. The number of hydrogen-bond donors (Lipinski definition) is 1. The van der Waals surface area contributed by atoms with Gasteiger partial charge in [-0.15, -0.1) is 10.2 Å². The van der Waals surface area contributed by atoms with Crippen molar-refractivity contribution in [3.8, 4) is 11.5 Å². The van der Waals surface area contributed by atoms with Gasteiger partial charge < -0.3 is 19.1 Å². The van der Waals surface area contributed by atoms with E-state index in [1.807, 2.05) is 31.2 Å². The maximum Gasteiger partial charge on any atom is 0.277 e. The second-order valence-corrected chi connectivity index (χ2v) is 8.19. The van der Waals surface area contributed by atoms with Crippen molar-refractivity contribution in [2.45, 2.75) is 18.7 Å². The first-order valence-electron chi connectivity index (χ1n) is 10.2. The van der Waals surface area contributed by atoms with Crippen LogP contribution < -0.4 is 10.2 Å². The summed E-state index contributed by atoms with van der Waals surface area (Å²) < 4.78 is 10.9. The second-order valence-electron chi connectivity index (χ2n) is 7.26. The number of carbonyl (C=O) groups excluding carboxylic acids is 2. The van der Waals surface area contributed by atoms with Gasteiger partial charge in [0.05, 0.1) is 29.8 Å². The van der Waals surface area contributed by atoms with Crippen LogP contribution in [0.25, 0.3) is 11.5 Å². The maximum absolute atomic E-state index is 12.8. The summed E-state index contributed by atoms with van der Waals surface area (Å²) in [6, 6.07) is 18.2. The third kappa shape index (κ3) is 5.50. The fourth-order valence-corrected chi connectivity index (χ4v) is 3.75. The van der Waals surface area contributed by atoms with Gasteiger partial charge in [0.25, 0.3) is 11.1 Å². The van der Waals surface area contributed by atoms with Gasteiger partial charge in [0.1, 0.15) is 5.76 Å². The van der Waals surface area contributed by atoms with Crippen molar-refractivity contribution in [1.29, 1.82) is 0 Å². The first-order chi connectivity index (χ1) is 16.0. The molecule has 0 saturated carbocycles. The van der Waals surface area contributed by atoms with E-state index in [0.29, 0.717) is 28.1 Å². The average Bonchev–Trinajstić information content (AvgIpc) is 3.53. The number of nitrogens with one attached hydrogen (secondary N) is 1. The summed E-state index contributed by atoms with van der Waals surface area (Å²) in [4.78, 5) is 27.0. The first kappa shape index (κ1) is 22.3. The van der Waals surface area contributed by atoms with Crippen molar-refractivity contribution in [2.24, 2.45) is 0 Å². The van der Waals surface area contributed by atoms with Crippen LogP contribution in [0.2, 0.25) is 0 Å². The van der Waals surface area contributed by atoms with E-state index in [4.69, 9.17) is 8.83 Å². The zero-order chi connectivity index (χ0) is 23.2. The van der Waals surface area contributed by atoms with Gasteiger partial charge in [-0.2, -0.15) is 0 Å². The molecule has 0 unspecified atom stereocenters. The summed E-state index contributed by atoms with van der Waals surface area (Å²) in [6.45, 7) is 2.26. The highest BCUT2D eigenvalue weighted by atomic mass is 32.2. The molecule has 2 amide bonds. The SMILES string of the molecule is Cc1ccc(-c2nnc(SCC(=O)N(C)c3ccccc3C(=O)NCc3ccco3)o2)cc1. The number of thioether (sulfide) groups is 1. The van der Waals surface area contributed by atoms with Crippen LogP contribution in [-0.2, 0) is 11.3 Å². The lowest BCUT2D eigenvalue weighted by Crippen LogP contribution is -2.31. The lowest BCUT2D eigenvalue weighted by molar-refractivity contribution is -0.115. The predicted octanol–water partition coefficient (Wildman–Crippen LogP) is 4.32. The van der Waals surface area contributed by atoms with E-state index in [-0.39, 0.29) is 24.1 Å². The van der Waals surface area contributed by atoms with Crippen molar-refractivity contribution < 1.29 is 18.4 Å². The minimum atomic E-state index is -0.297. The van der Waals surface area contributed by atoms with E-state index in [1.54, 1.807) is 49.7 Å². The molecule has 0 aliphatic heterocycles. The Kier molecular flexibility index (Phi) is 6.89. The second kappa shape index (κ2) is 10.2. The monoisotopic (exact) mass is 462 g/mol. The Bertz CT molecular complexity index is 1240. The zero-order valence-corrected chi connectivity index (χ0v) is 19.0. The number of rotatable bonds is 8. The number of anilines is 1. The number of carbonyl (C=O) groups is 2. The highest BCUT2D eigenvalue weighted by Crippen LogP contribution is 2.25. The molecule has 4 rings (SSSR count). The smallest absolute Gasteiger partial charge is 0.277 e. The number of benzene rings is 2. The Balaban J connectivity index is 1.38. The highest BCUT2D eigenvalue weighted by Gasteiger charge is 2.20. The molecule has 2 heterocycles. The number of nitrogens with zero attached hydrogens (tertiary/aromatic N) is 3. The molecule has 8 nitrogen and oxygen atoms in total. The first-order valence-corrected chi connectivity index (χ1v) is 11.2. The molecule has 168 valence electrons. The van der Waals surface area contributed by atoms with Gasteiger partial charge in [-0.3, -0.25) is 9.59 Å². The normalized spacial score (nSPS) is 10.7. The molecule has 4 aromatic rings. The molecule has 0 saturated heterocycles. The maximum atomic E-state index is 12.8. The number of hydrogen-bond acceptors (Lipinski definition) is 7. The Morgan fingerprint density at radius 2 is 1.82 bits per heavy atom. The van der Waals surface area contributed by atoms with Gasteiger partial charge in [-0.25, -0.2) is 0 Å². The Morgan fingerprint density at radius 1 is 1.03 bits per heavy atom. The van der Waals surface area contributed by atoms with Crippen LogP contribution in [0.5, 0.6) is 0 Å². The van der Waals surface area contributed by atoms with Crippen molar-refractivity contribution in [2.75, 3.05) is 17.7 Å². The van der Waals surface area contributed by atoms with Crippen LogP contribution in [0.1, 0.15) is 21.7 Å².